The standard InChI is InChI=1S/C13H16ClO6P/c1-9(15)18-10(2)19-21(16)17-7-6-13(20-21)11-4-3-5-12(14)8-11/h3-5,8,10,13H,6-7H2,1-2H3/t10?,13-,21?/m0/s1. The molecule has 0 saturated carbocycles. The van der Waals surface area contributed by atoms with Crippen LogP contribution in [0.2, 0.25) is 5.02 Å². The molecular formula is C13H16ClO6P. The van der Waals surface area contributed by atoms with Gasteiger partial charge in [-0.15, -0.1) is 0 Å². The predicted molar refractivity (Wildman–Crippen MR) is 75.8 cm³/mol. The van der Waals surface area contributed by atoms with E-state index in [1.54, 1.807) is 18.2 Å². The van der Waals surface area contributed by atoms with E-state index in [0.717, 1.165) is 5.56 Å². The lowest BCUT2D eigenvalue weighted by molar-refractivity contribution is -0.161. The molecule has 0 spiro atoms. The Morgan fingerprint density at radius 3 is 2.95 bits per heavy atom. The van der Waals surface area contributed by atoms with Crippen molar-refractivity contribution in [3.05, 3.63) is 34.9 Å². The van der Waals surface area contributed by atoms with E-state index in [-0.39, 0.29) is 6.61 Å². The summed E-state index contributed by atoms with van der Waals surface area (Å²) in [6.07, 6.45) is -0.949. The largest absolute Gasteiger partial charge is 0.478 e. The predicted octanol–water partition coefficient (Wildman–Crippen LogP) is 3.85. The van der Waals surface area contributed by atoms with Gasteiger partial charge in [0, 0.05) is 18.4 Å². The number of carbonyl (C=O) groups is 1. The summed E-state index contributed by atoms with van der Waals surface area (Å²) >= 11 is 5.93. The van der Waals surface area contributed by atoms with Crippen LogP contribution in [0.1, 0.15) is 31.9 Å². The van der Waals surface area contributed by atoms with E-state index >= 15 is 0 Å². The van der Waals surface area contributed by atoms with E-state index in [2.05, 4.69) is 0 Å². The third-order valence-electron chi connectivity index (χ3n) is 2.72. The maximum absolute atomic E-state index is 12.4. The van der Waals surface area contributed by atoms with E-state index in [1.807, 2.05) is 6.07 Å². The second-order valence-electron chi connectivity index (χ2n) is 4.50. The molecule has 2 rings (SSSR count). The monoisotopic (exact) mass is 334 g/mol. The summed E-state index contributed by atoms with van der Waals surface area (Å²) in [6.45, 7) is 2.88. The van der Waals surface area contributed by atoms with Crippen molar-refractivity contribution in [1.29, 1.82) is 0 Å². The SMILES string of the molecule is CC(=O)OC(C)OP1(=O)OCC[C@@H](c2cccc(Cl)c2)O1. The molecule has 0 aliphatic carbocycles. The summed E-state index contributed by atoms with van der Waals surface area (Å²) < 4.78 is 32.8. The fourth-order valence-electron chi connectivity index (χ4n) is 1.94. The van der Waals surface area contributed by atoms with Crippen LogP contribution in [0, 0.1) is 0 Å². The minimum atomic E-state index is -3.78. The van der Waals surface area contributed by atoms with Crippen LogP contribution in [0.5, 0.6) is 0 Å². The summed E-state index contributed by atoms with van der Waals surface area (Å²) in [5, 5.41) is 0.562. The van der Waals surface area contributed by atoms with Crippen LogP contribution < -0.4 is 0 Å². The Kier molecular flexibility index (Phi) is 5.41. The smallest absolute Gasteiger partial charge is 0.436 e. The topological polar surface area (TPSA) is 71.1 Å². The van der Waals surface area contributed by atoms with Crippen molar-refractivity contribution in [1.82, 2.24) is 0 Å². The number of hydrogen-bond acceptors (Lipinski definition) is 6. The number of phosphoric ester groups is 1. The molecule has 0 N–H and O–H groups in total. The van der Waals surface area contributed by atoms with Gasteiger partial charge in [0.25, 0.3) is 0 Å². The van der Waals surface area contributed by atoms with Crippen molar-refractivity contribution >= 4 is 25.4 Å². The van der Waals surface area contributed by atoms with Gasteiger partial charge in [-0.05, 0) is 24.6 Å². The summed E-state index contributed by atoms with van der Waals surface area (Å²) in [7, 11) is -3.78. The third-order valence-corrected chi connectivity index (χ3v) is 4.52. The fourth-order valence-corrected chi connectivity index (χ4v) is 3.58. The Labute approximate surface area is 127 Å². The molecule has 3 atom stereocenters. The first-order chi connectivity index (χ1) is 9.88. The van der Waals surface area contributed by atoms with Crippen LogP contribution in [-0.2, 0) is 27.7 Å². The third kappa shape index (κ3) is 4.80. The highest BCUT2D eigenvalue weighted by atomic mass is 35.5. The Bertz CT molecular complexity index is 563. The molecule has 1 aromatic rings. The molecule has 116 valence electrons. The fraction of sp³-hybridized carbons (Fsp3) is 0.462. The van der Waals surface area contributed by atoms with Crippen molar-refractivity contribution in [2.75, 3.05) is 6.61 Å². The van der Waals surface area contributed by atoms with Crippen molar-refractivity contribution in [2.24, 2.45) is 0 Å². The molecule has 1 fully saturated rings. The molecule has 0 aromatic heterocycles. The Hall–Kier alpha value is -0.910. The van der Waals surface area contributed by atoms with Gasteiger partial charge in [0.05, 0.1) is 12.7 Å². The van der Waals surface area contributed by atoms with Gasteiger partial charge in [-0.2, -0.15) is 0 Å². The number of esters is 1. The van der Waals surface area contributed by atoms with E-state index in [9.17, 15) is 9.36 Å². The van der Waals surface area contributed by atoms with Crippen molar-refractivity contribution in [3.8, 4) is 0 Å². The van der Waals surface area contributed by atoms with Gasteiger partial charge in [0.15, 0.2) is 0 Å². The lowest BCUT2D eigenvalue weighted by atomic mass is 10.1. The van der Waals surface area contributed by atoms with Crippen LogP contribution in [0.3, 0.4) is 0 Å². The number of hydrogen-bond donors (Lipinski definition) is 0. The van der Waals surface area contributed by atoms with E-state index < -0.39 is 26.2 Å². The maximum Gasteiger partial charge on any atom is 0.478 e. The van der Waals surface area contributed by atoms with Crippen molar-refractivity contribution in [3.63, 3.8) is 0 Å². The maximum atomic E-state index is 12.4. The molecule has 0 radical (unpaired) electrons. The van der Waals surface area contributed by atoms with Gasteiger partial charge in [0.1, 0.15) is 0 Å². The number of carbonyl (C=O) groups excluding carboxylic acids is 1. The molecule has 1 saturated heterocycles. The van der Waals surface area contributed by atoms with Gasteiger partial charge in [-0.25, -0.2) is 9.09 Å². The highest BCUT2D eigenvalue weighted by molar-refractivity contribution is 7.48. The molecule has 1 aliphatic rings. The highest BCUT2D eigenvalue weighted by Crippen LogP contribution is 2.57. The van der Waals surface area contributed by atoms with E-state index in [4.69, 9.17) is 29.9 Å². The molecule has 8 heteroatoms. The van der Waals surface area contributed by atoms with Gasteiger partial charge in [-0.3, -0.25) is 13.8 Å². The van der Waals surface area contributed by atoms with E-state index in [1.165, 1.54) is 13.8 Å². The van der Waals surface area contributed by atoms with E-state index in [0.29, 0.717) is 11.4 Å². The van der Waals surface area contributed by atoms with Gasteiger partial charge in [-0.1, -0.05) is 23.7 Å². The number of benzene rings is 1. The second kappa shape index (κ2) is 6.90. The van der Waals surface area contributed by atoms with Gasteiger partial charge < -0.3 is 4.74 Å². The van der Waals surface area contributed by atoms with Gasteiger partial charge >= 0.3 is 13.8 Å². The number of rotatable bonds is 4. The summed E-state index contributed by atoms with van der Waals surface area (Å²) in [5.74, 6) is -0.544. The average molecular weight is 335 g/mol. The zero-order chi connectivity index (χ0) is 15.5. The molecule has 1 aromatic carbocycles. The molecule has 21 heavy (non-hydrogen) atoms. The molecule has 6 nitrogen and oxygen atoms in total. The Balaban J connectivity index is 2.05. The number of phosphoric acid groups is 1. The van der Waals surface area contributed by atoms with Crippen molar-refractivity contribution < 1.29 is 27.7 Å². The molecule has 0 amide bonds. The Morgan fingerprint density at radius 2 is 2.29 bits per heavy atom. The quantitative estimate of drug-likeness (QED) is 0.473. The normalized spacial score (nSPS) is 27.1. The summed E-state index contributed by atoms with van der Waals surface area (Å²) in [6, 6.07) is 7.08. The average Bonchev–Trinajstić information content (AvgIpc) is 2.37. The number of halogens is 1. The summed E-state index contributed by atoms with van der Waals surface area (Å²) in [4.78, 5) is 10.8. The van der Waals surface area contributed by atoms with Gasteiger partial charge in [0.2, 0.25) is 6.29 Å². The zero-order valence-corrected chi connectivity index (χ0v) is 13.3. The molecule has 0 bridgehead atoms. The molecule has 1 aliphatic heterocycles. The first kappa shape index (κ1) is 16.5. The van der Waals surface area contributed by atoms with Crippen molar-refractivity contribution in [2.45, 2.75) is 32.7 Å². The lowest BCUT2D eigenvalue weighted by Gasteiger charge is -2.30. The second-order valence-corrected chi connectivity index (χ2v) is 6.51. The zero-order valence-electron chi connectivity index (χ0n) is 11.7. The highest BCUT2D eigenvalue weighted by Gasteiger charge is 2.38. The van der Waals surface area contributed by atoms with Crippen LogP contribution in [-0.4, -0.2) is 18.9 Å². The molecular weight excluding hydrogens is 319 g/mol. The minimum Gasteiger partial charge on any atom is -0.436 e. The minimum absolute atomic E-state index is 0.210. The van der Waals surface area contributed by atoms with Crippen LogP contribution in [0.4, 0.5) is 0 Å². The lowest BCUT2D eigenvalue weighted by Crippen LogP contribution is -2.20. The van der Waals surface area contributed by atoms with Crippen LogP contribution in [0.15, 0.2) is 24.3 Å². The first-order valence-corrected chi connectivity index (χ1v) is 8.26. The molecule has 2 unspecified atom stereocenters. The van der Waals surface area contributed by atoms with Crippen LogP contribution in [0.25, 0.3) is 0 Å². The number of ether oxygens (including phenoxy) is 1. The molecule has 1 heterocycles. The Morgan fingerprint density at radius 1 is 1.52 bits per heavy atom. The summed E-state index contributed by atoms with van der Waals surface area (Å²) in [5.41, 5.74) is 0.787. The van der Waals surface area contributed by atoms with Crippen LogP contribution >= 0.6 is 19.4 Å². The first-order valence-electron chi connectivity index (χ1n) is 6.42.